The maximum atomic E-state index is 12.0. The highest BCUT2D eigenvalue weighted by molar-refractivity contribution is 6.04. The van der Waals surface area contributed by atoms with Crippen molar-refractivity contribution in [2.45, 2.75) is 19.3 Å². The molecular formula is C14H12O2. The van der Waals surface area contributed by atoms with Crippen LogP contribution < -0.4 is 0 Å². The first-order valence-electron chi connectivity index (χ1n) is 5.55. The summed E-state index contributed by atoms with van der Waals surface area (Å²) < 4.78 is 5.38. The maximum absolute atomic E-state index is 12.0. The van der Waals surface area contributed by atoms with Gasteiger partial charge >= 0.3 is 0 Å². The van der Waals surface area contributed by atoms with E-state index in [1.807, 2.05) is 30.3 Å². The molecule has 0 bridgehead atoms. The first-order valence-corrected chi connectivity index (χ1v) is 5.55. The molecule has 1 aromatic heterocycles. The third-order valence-electron chi connectivity index (χ3n) is 3.07. The Morgan fingerprint density at radius 2 is 2.00 bits per heavy atom. The minimum Gasteiger partial charge on any atom is -0.464 e. The molecule has 0 atom stereocenters. The van der Waals surface area contributed by atoms with Crippen molar-refractivity contribution in [1.29, 1.82) is 0 Å². The van der Waals surface area contributed by atoms with Crippen LogP contribution in [0.25, 0.3) is 11.3 Å². The monoisotopic (exact) mass is 212 g/mol. The van der Waals surface area contributed by atoms with Crippen molar-refractivity contribution in [2.24, 2.45) is 0 Å². The van der Waals surface area contributed by atoms with Gasteiger partial charge in [-0.05, 0) is 30.5 Å². The third-order valence-corrected chi connectivity index (χ3v) is 3.07. The standard InChI is InChI=1S/C14H12O2/c15-12-7-2-5-10-4-1-6-11(14(10)12)13-8-3-9-16-13/h1,3-4,6,8-9H,2,5,7H2. The summed E-state index contributed by atoms with van der Waals surface area (Å²) in [7, 11) is 0. The summed E-state index contributed by atoms with van der Waals surface area (Å²) in [5.74, 6) is 1.03. The van der Waals surface area contributed by atoms with Crippen LogP contribution in [0.3, 0.4) is 0 Å². The number of furan rings is 1. The second-order valence-electron chi connectivity index (χ2n) is 4.09. The van der Waals surface area contributed by atoms with Gasteiger partial charge in [0, 0.05) is 17.5 Å². The summed E-state index contributed by atoms with van der Waals surface area (Å²) >= 11 is 0. The van der Waals surface area contributed by atoms with Crippen LogP contribution in [0.4, 0.5) is 0 Å². The van der Waals surface area contributed by atoms with Crippen LogP contribution in [0.2, 0.25) is 0 Å². The van der Waals surface area contributed by atoms with Crippen LogP contribution in [0.5, 0.6) is 0 Å². The van der Waals surface area contributed by atoms with Crippen molar-refractivity contribution in [1.82, 2.24) is 0 Å². The van der Waals surface area contributed by atoms with E-state index >= 15 is 0 Å². The minimum atomic E-state index is 0.244. The van der Waals surface area contributed by atoms with Crippen molar-refractivity contribution in [2.75, 3.05) is 0 Å². The number of rotatable bonds is 1. The highest BCUT2D eigenvalue weighted by Gasteiger charge is 2.21. The number of carbonyl (C=O) groups excluding carboxylic acids is 1. The van der Waals surface area contributed by atoms with E-state index in [1.165, 1.54) is 0 Å². The van der Waals surface area contributed by atoms with Gasteiger partial charge < -0.3 is 4.42 Å². The number of aryl methyl sites for hydroxylation is 1. The van der Waals surface area contributed by atoms with Gasteiger partial charge in [-0.25, -0.2) is 0 Å². The second-order valence-corrected chi connectivity index (χ2v) is 4.09. The number of benzene rings is 1. The first-order chi connectivity index (χ1) is 7.86. The van der Waals surface area contributed by atoms with Gasteiger partial charge in [0.15, 0.2) is 5.78 Å². The van der Waals surface area contributed by atoms with Crippen molar-refractivity contribution in [3.8, 4) is 11.3 Å². The SMILES string of the molecule is O=C1CCCc2cccc(-c3ccco3)c21. The summed E-state index contributed by atoms with van der Waals surface area (Å²) in [6, 6.07) is 9.74. The largest absolute Gasteiger partial charge is 0.464 e. The van der Waals surface area contributed by atoms with E-state index < -0.39 is 0 Å². The van der Waals surface area contributed by atoms with E-state index in [-0.39, 0.29) is 5.78 Å². The Hall–Kier alpha value is -1.83. The molecule has 16 heavy (non-hydrogen) atoms. The fourth-order valence-electron chi connectivity index (χ4n) is 2.34. The van der Waals surface area contributed by atoms with Gasteiger partial charge in [-0.15, -0.1) is 0 Å². The lowest BCUT2D eigenvalue weighted by Crippen LogP contribution is -2.11. The molecule has 0 saturated heterocycles. The summed E-state index contributed by atoms with van der Waals surface area (Å²) in [5.41, 5.74) is 2.96. The van der Waals surface area contributed by atoms with Crippen molar-refractivity contribution >= 4 is 5.78 Å². The quantitative estimate of drug-likeness (QED) is 0.724. The molecule has 0 fully saturated rings. The van der Waals surface area contributed by atoms with Crippen molar-refractivity contribution in [3.05, 3.63) is 47.7 Å². The Labute approximate surface area is 93.9 Å². The van der Waals surface area contributed by atoms with Gasteiger partial charge in [0.1, 0.15) is 5.76 Å². The topological polar surface area (TPSA) is 30.2 Å². The number of carbonyl (C=O) groups is 1. The van der Waals surface area contributed by atoms with Crippen molar-refractivity contribution in [3.63, 3.8) is 0 Å². The maximum Gasteiger partial charge on any atom is 0.163 e. The van der Waals surface area contributed by atoms with Gasteiger partial charge in [-0.1, -0.05) is 18.2 Å². The Balaban J connectivity index is 2.23. The molecule has 2 aromatic rings. The highest BCUT2D eigenvalue weighted by Crippen LogP contribution is 2.31. The molecule has 1 aliphatic rings. The average molecular weight is 212 g/mol. The minimum absolute atomic E-state index is 0.244. The fourth-order valence-corrected chi connectivity index (χ4v) is 2.34. The van der Waals surface area contributed by atoms with Crippen LogP contribution in [0.15, 0.2) is 41.0 Å². The molecule has 0 aliphatic heterocycles. The van der Waals surface area contributed by atoms with Crippen LogP contribution in [0.1, 0.15) is 28.8 Å². The predicted molar refractivity (Wildman–Crippen MR) is 61.4 cm³/mol. The van der Waals surface area contributed by atoms with E-state index in [0.29, 0.717) is 6.42 Å². The number of hydrogen-bond acceptors (Lipinski definition) is 2. The summed E-state index contributed by atoms with van der Waals surface area (Å²) in [6.45, 7) is 0. The molecule has 0 saturated carbocycles. The summed E-state index contributed by atoms with van der Waals surface area (Å²) in [4.78, 5) is 12.0. The molecule has 3 rings (SSSR count). The zero-order chi connectivity index (χ0) is 11.0. The summed E-state index contributed by atoms with van der Waals surface area (Å²) in [6.07, 6.45) is 4.26. The van der Waals surface area contributed by atoms with Gasteiger partial charge in [-0.3, -0.25) is 4.79 Å². The first kappa shape index (κ1) is 9.40. The van der Waals surface area contributed by atoms with Gasteiger partial charge in [-0.2, -0.15) is 0 Å². The van der Waals surface area contributed by atoms with Crippen LogP contribution in [0, 0.1) is 0 Å². The molecule has 0 amide bonds. The summed E-state index contributed by atoms with van der Waals surface area (Å²) in [5, 5.41) is 0. The van der Waals surface area contributed by atoms with E-state index in [9.17, 15) is 4.79 Å². The Kier molecular flexibility index (Phi) is 2.13. The van der Waals surface area contributed by atoms with Crippen LogP contribution in [-0.2, 0) is 6.42 Å². The zero-order valence-electron chi connectivity index (χ0n) is 8.90. The van der Waals surface area contributed by atoms with Crippen LogP contribution in [-0.4, -0.2) is 5.78 Å². The van der Waals surface area contributed by atoms with Gasteiger partial charge in [0.25, 0.3) is 0 Å². The molecule has 2 heteroatoms. The normalized spacial score (nSPS) is 14.9. The number of Topliss-reactive ketones (excluding diaryl/α,β-unsaturated/α-hetero) is 1. The molecule has 80 valence electrons. The highest BCUT2D eigenvalue weighted by atomic mass is 16.3. The smallest absolute Gasteiger partial charge is 0.163 e. The van der Waals surface area contributed by atoms with Crippen molar-refractivity contribution < 1.29 is 9.21 Å². The fraction of sp³-hybridized carbons (Fsp3) is 0.214. The number of hydrogen-bond donors (Lipinski definition) is 0. The Bertz CT molecular complexity index is 524. The molecule has 2 nitrogen and oxygen atoms in total. The van der Waals surface area contributed by atoms with Gasteiger partial charge in [0.05, 0.1) is 6.26 Å². The van der Waals surface area contributed by atoms with Crippen LogP contribution >= 0.6 is 0 Å². The van der Waals surface area contributed by atoms with E-state index in [2.05, 4.69) is 0 Å². The van der Waals surface area contributed by atoms with E-state index in [0.717, 1.165) is 35.3 Å². The van der Waals surface area contributed by atoms with Gasteiger partial charge in [0.2, 0.25) is 0 Å². The Morgan fingerprint density at radius 3 is 2.81 bits per heavy atom. The molecular weight excluding hydrogens is 200 g/mol. The number of ketones is 1. The third kappa shape index (κ3) is 1.38. The molecule has 0 radical (unpaired) electrons. The lowest BCUT2D eigenvalue weighted by atomic mass is 9.86. The second kappa shape index (κ2) is 3.63. The average Bonchev–Trinajstić information content (AvgIpc) is 2.82. The molecule has 1 aromatic carbocycles. The predicted octanol–water partition coefficient (Wildman–Crippen LogP) is 3.47. The molecule has 1 aliphatic carbocycles. The Morgan fingerprint density at radius 1 is 1.06 bits per heavy atom. The lowest BCUT2D eigenvalue weighted by Gasteiger charge is -2.17. The van der Waals surface area contributed by atoms with E-state index in [4.69, 9.17) is 4.42 Å². The van der Waals surface area contributed by atoms with E-state index in [1.54, 1.807) is 6.26 Å². The number of fused-ring (bicyclic) bond motifs is 1. The lowest BCUT2D eigenvalue weighted by molar-refractivity contribution is 0.0973. The molecule has 0 N–H and O–H groups in total. The zero-order valence-corrected chi connectivity index (χ0v) is 8.90. The molecule has 0 unspecified atom stereocenters. The molecule has 1 heterocycles. The molecule has 0 spiro atoms.